The van der Waals surface area contributed by atoms with Crippen LogP contribution in [0.25, 0.3) is 43.1 Å². The second-order valence-corrected chi connectivity index (χ2v) is 19.5. The first-order chi connectivity index (χ1) is 31.0. The number of azo groups is 2. The standard InChI is InChI=1S/C41H28N6O15S4.4Na/c48-34-20-33(46-44-26-11-12-28-22(15-26)4-2-5-35(28)63(51,52)53)40(66(60,61)62)30-14-10-25(18-32(30)34)43-41(50)42-24-9-13-29-23(16-24)17-37(65(57,58)59)38(39(29)49)47-45-27-8-7-21-3-1-6-36(31(21)19-27)64(54,55)56;;;;/h1-20,48-49H,(H2,42,43,50)(H,51,52,53)(H,54,55,56)(H,57,58,59)(H,60,61,62);;;;/q;4*+1/p-4. The predicted molar refractivity (Wildman–Crippen MR) is 232 cm³/mol. The van der Waals surface area contributed by atoms with Gasteiger partial charge in [-0.15, -0.1) is 10.2 Å². The molecule has 8 rings (SSSR count). The van der Waals surface area contributed by atoms with Crippen molar-refractivity contribution < 1.29 is 185 Å². The maximum absolute atomic E-state index is 13.1. The minimum absolute atomic E-state index is 0. The molecule has 0 fully saturated rings. The summed E-state index contributed by atoms with van der Waals surface area (Å²) in [5.41, 5.74) is -1.35. The van der Waals surface area contributed by atoms with Crippen molar-refractivity contribution in [2.75, 3.05) is 10.6 Å². The van der Waals surface area contributed by atoms with E-state index < -0.39 is 89.0 Å². The van der Waals surface area contributed by atoms with Crippen LogP contribution in [0.1, 0.15) is 0 Å². The Labute approximate surface area is 486 Å². The van der Waals surface area contributed by atoms with E-state index in [4.69, 9.17) is 0 Å². The van der Waals surface area contributed by atoms with E-state index in [1.807, 2.05) is 0 Å². The van der Waals surface area contributed by atoms with Crippen LogP contribution in [-0.2, 0) is 40.5 Å². The molecule has 0 aliphatic rings. The number of phenolic OH excluding ortho intramolecular Hbond substituents is 2. The van der Waals surface area contributed by atoms with E-state index in [2.05, 4.69) is 31.1 Å². The Morgan fingerprint density at radius 2 is 0.971 bits per heavy atom. The number of anilines is 2. The first-order valence-electron chi connectivity index (χ1n) is 18.4. The number of hydrogen-bond donors (Lipinski definition) is 4. The summed E-state index contributed by atoms with van der Waals surface area (Å²) in [4.78, 5) is 10.2. The summed E-state index contributed by atoms with van der Waals surface area (Å²) in [6.45, 7) is 0. The Morgan fingerprint density at radius 3 is 1.59 bits per heavy atom. The summed E-state index contributed by atoms with van der Waals surface area (Å²) in [7, 11) is -20.4. The molecule has 0 atom stereocenters. The van der Waals surface area contributed by atoms with Crippen LogP contribution < -0.4 is 129 Å². The van der Waals surface area contributed by atoms with E-state index in [9.17, 15) is 66.9 Å². The van der Waals surface area contributed by atoms with Gasteiger partial charge in [-0.3, -0.25) is 0 Å². The number of benzene rings is 8. The fourth-order valence-electron chi connectivity index (χ4n) is 7.04. The van der Waals surface area contributed by atoms with Gasteiger partial charge in [-0.05, 0) is 94.3 Å². The molecule has 8 aromatic carbocycles. The van der Waals surface area contributed by atoms with Crippen LogP contribution >= 0.6 is 0 Å². The van der Waals surface area contributed by atoms with Gasteiger partial charge >= 0.3 is 124 Å². The molecule has 0 heterocycles. The topological polar surface area (TPSA) is 360 Å². The molecule has 336 valence electrons. The number of fused-ring (bicyclic) bond motifs is 4. The van der Waals surface area contributed by atoms with Gasteiger partial charge in [0.05, 0.1) is 31.0 Å². The molecule has 70 heavy (non-hydrogen) atoms. The monoisotopic (exact) mass is 1060 g/mol. The number of rotatable bonds is 10. The van der Waals surface area contributed by atoms with Gasteiger partial charge < -0.3 is 39.1 Å². The Bertz CT molecular complexity index is 3960. The van der Waals surface area contributed by atoms with Crippen LogP contribution in [0.15, 0.2) is 161 Å². The number of nitrogens with zero attached hydrogens (tertiary/aromatic N) is 4. The zero-order valence-electron chi connectivity index (χ0n) is 36.7. The van der Waals surface area contributed by atoms with Crippen LogP contribution in [0, 0.1) is 0 Å². The maximum Gasteiger partial charge on any atom is 1.00 e. The zero-order chi connectivity index (χ0) is 47.5. The predicted octanol–water partition coefficient (Wildman–Crippen LogP) is -4.18. The minimum atomic E-state index is -5.35. The number of amides is 2. The quantitative estimate of drug-likeness (QED) is 0.0574. The average Bonchev–Trinajstić information content (AvgIpc) is 3.23. The van der Waals surface area contributed by atoms with Crippen LogP contribution in [0.5, 0.6) is 11.5 Å². The van der Waals surface area contributed by atoms with E-state index in [1.54, 1.807) is 0 Å². The van der Waals surface area contributed by atoms with Crippen molar-refractivity contribution in [3.63, 3.8) is 0 Å². The summed E-state index contributed by atoms with van der Waals surface area (Å²) in [6, 6.07) is 23.9. The van der Waals surface area contributed by atoms with Crippen LogP contribution in [0.3, 0.4) is 0 Å². The summed E-state index contributed by atoms with van der Waals surface area (Å²) in [6.07, 6.45) is 0. The first-order valence-corrected chi connectivity index (χ1v) is 24.0. The number of nitrogens with one attached hydrogen (secondary N) is 2. The van der Waals surface area contributed by atoms with Crippen LogP contribution in [0.2, 0.25) is 0 Å². The molecular weight excluding hydrogens is 1040 g/mol. The Morgan fingerprint density at radius 1 is 0.443 bits per heavy atom. The second-order valence-electron chi connectivity index (χ2n) is 14.1. The van der Waals surface area contributed by atoms with Crippen molar-refractivity contribution in [1.29, 1.82) is 0 Å². The third-order valence-electron chi connectivity index (χ3n) is 9.86. The van der Waals surface area contributed by atoms with E-state index >= 15 is 0 Å². The summed E-state index contributed by atoms with van der Waals surface area (Å²) < 4.78 is 145. The van der Waals surface area contributed by atoms with Gasteiger partial charge in [-0.25, -0.2) is 38.5 Å². The first kappa shape index (κ1) is 59.1. The average molecular weight is 1060 g/mol. The van der Waals surface area contributed by atoms with Crippen LogP contribution in [0.4, 0.5) is 38.9 Å². The fourth-order valence-corrected chi connectivity index (χ4v) is 9.88. The van der Waals surface area contributed by atoms with E-state index in [-0.39, 0.29) is 179 Å². The van der Waals surface area contributed by atoms with Crippen LogP contribution in [-0.4, -0.2) is 68.1 Å². The van der Waals surface area contributed by atoms with E-state index in [1.165, 1.54) is 84.9 Å². The Kier molecular flexibility index (Phi) is 19.2. The van der Waals surface area contributed by atoms with Crippen molar-refractivity contribution in [2.45, 2.75) is 19.6 Å². The molecule has 0 bridgehead atoms. The van der Waals surface area contributed by atoms with Gasteiger partial charge in [0.2, 0.25) is 0 Å². The molecule has 0 saturated carbocycles. The van der Waals surface area contributed by atoms with Crippen molar-refractivity contribution in [3.8, 4) is 11.5 Å². The van der Waals surface area contributed by atoms with Gasteiger partial charge in [-0.1, -0.05) is 42.5 Å². The SMILES string of the molecule is O=C(Nc1ccc2c(O)c(N=Nc3ccc4cccc(S(=O)(=O)[O-])c4c3)c(S(=O)(=O)[O-])cc2c1)Nc1ccc2c(S(=O)(=O)[O-])c(N=Nc3ccc4c(S(=O)(=O)[O-])cccc4c3)cc(O)c2c1.[Na+].[Na+].[Na+].[Na+]. The zero-order valence-corrected chi connectivity index (χ0v) is 47.9. The molecule has 21 nitrogen and oxygen atoms in total. The number of aromatic hydroxyl groups is 2. The summed E-state index contributed by atoms with van der Waals surface area (Å²) in [5.74, 6) is -1.38. The third kappa shape index (κ3) is 12.8. The van der Waals surface area contributed by atoms with Gasteiger partial charge in [0.25, 0.3) is 0 Å². The number of carbonyl (C=O) groups excluding carboxylic acids is 1. The van der Waals surface area contributed by atoms with Crippen molar-refractivity contribution >= 4 is 124 Å². The fraction of sp³-hybridized carbons (Fsp3) is 0. The molecule has 0 unspecified atom stereocenters. The molecule has 0 aliphatic heterocycles. The van der Waals surface area contributed by atoms with Crippen molar-refractivity contribution in [1.82, 2.24) is 0 Å². The molecule has 0 aromatic heterocycles. The van der Waals surface area contributed by atoms with Crippen molar-refractivity contribution in [2.24, 2.45) is 20.5 Å². The number of urea groups is 1. The smallest absolute Gasteiger partial charge is 0.744 e. The number of hydrogen-bond acceptors (Lipinski definition) is 19. The normalized spacial score (nSPS) is 12.1. The molecular formula is C41H24N6Na4O15S4. The molecule has 29 heteroatoms. The third-order valence-corrected chi connectivity index (χ3v) is 13.4. The molecule has 0 saturated heterocycles. The molecule has 4 N–H and O–H groups in total. The molecule has 0 radical (unpaired) electrons. The van der Waals surface area contributed by atoms with E-state index in [0.29, 0.717) is 5.39 Å². The van der Waals surface area contributed by atoms with Gasteiger partial charge in [-0.2, -0.15) is 10.2 Å². The summed E-state index contributed by atoms with van der Waals surface area (Å²) >= 11 is 0. The van der Waals surface area contributed by atoms with Gasteiger partial charge in [0.15, 0.2) is 5.75 Å². The minimum Gasteiger partial charge on any atom is -0.744 e. The second kappa shape index (κ2) is 22.7. The Balaban J connectivity index is 0.00000266. The molecule has 2 amide bonds. The number of phenols is 2. The number of carbonyl (C=O) groups is 1. The van der Waals surface area contributed by atoms with Gasteiger partial charge in [0.1, 0.15) is 57.6 Å². The van der Waals surface area contributed by atoms with Gasteiger partial charge in [0, 0.05) is 39.0 Å². The summed E-state index contributed by atoms with van der Waals surface area (Å²) in [5, 5.41) is 42.6. The van der Waals surface area contributed by atoms with Crippen molar-refractivity contribution in [3.05, 3.63) is 121 Å². The molecule has 0 spiro atoms. The maximum atomic E-state index is 13.1. The molecule has 0 aliphatic carbocycles. The molecule has 8 aromatic rings. The van der Waals surface area contributed by atoms with E-state index in [0.717, 1.165) is 36.4 Å². The largest absolute Gasteiger partial charge is 1.00 e. The Hall–Kier alpha value is -3.49.